The van der Waals surface area contributed by atoms with E-state index in [4.69, 9.17) is 9.47 Å². The molecule has 132 valence electrons. The largest absolute Gasteiger partial charge is 0.504 e. The molecule has 0 radical (unpaired) electrons. The Morgan fingerprint density at radius 1 is 1.04 bits per heavy atom. The molecule has 2 N–H and O–H groups in total. The molecule has 2 atom stereocenters. The van der Waals surface area contributed by atoms with Crippen LogP contribution in [0.25, 0.3) is 0 Å². The third kappa shape index (κ3) is 2.34. The average Bonchev–Trinajstić information content (AvgIpc) is 2.60. The van der Waals surface area contributed by atoms with Crippen molar-refractivity contribution in [2.45, 2.75) is 25.4 Å². The number of fused-ring (bicyclic) bond motifs is 4. The van der Waals surface area contributed by atoms with Crippen LogP contribution in [0, 0.1) is 0 Å². The third-order valence-electron chi connectivity index (χ3n) is 5.92. The Bertz CT molecular complexity index is 848. The molecule has 0 spiro atoms. The maximum Gasteiger partial charge on any atom is 0.169 e. The van der Waals surface area contributed by atoms with Gasteiger partial charge in [0, 0.05) is 18.4 Å². The summed E-state index contributed by atoms with van der Waals surface area (Å²) >= 11 is 0. The van der Waals surface area contributed by atoms with Crippen molar-refractivity contribution >= 4 is 0 Å². The fourth-order valence-electron chi connectivity index (χ4n) is 4.52. The lowest BCUT2D eigenvalue weighted by Gasteiger charge is -2.49. The van der Waals surface area contributed by atoms with Gasteiger partial charge in [0.15, 0.2) is 23.0 Å². The molecule has 2 aromatic carbocycles. The predicted molar refractivity (Wildman–Crippen MR) is 94.2 cm³/mol. The van der Waals surface area contributed by atoms with Gasteiger partial charge in [0.1, 0.15) is 12.6 Å². The maximum atomic E-state index is 10.0. The molecule has 0 fully saturated rings. The number of rotatable bonds is 2. The Morgan fingerprint density at radius 3 is 2.52 bits per heavy atom. The van der Waals surface area contributed by atoms with Crippen LogP contribution >= 0.6 is 0 Å². The quantitative estimate of drug-likeness (QED) is 0.651. The molecule has 2 aliphatic rings. The minimum absolute atomic E-state index is 0.0301. The van der Waals surface area contributed by atoms with Crippen LogP contribution in [0.1, 0.15) is 28.3 Å². The first-order valence-corrected chi connectivity index (χ1v) is 8.58. The van der Waals surface area contributed by atoms with Crippen LogP contribution in [0.2, 0.25) is 0 Å². The number of hydrogen-bond donors (Lipinski definition) is 2. The molecule has 4 rings (SSSR count). The number of nitrogens with zero attached hydrogens (tertiary/aromatic N) is 1. The summed E-state index contributed by atoms with van der Waals surface area (Å²) in [6.07, 6.45) is 1.77. The molecule has 0 amide bonds. The zero-order chi connectivity index (χ0) is 17.8. The van der Waals surface area contributed by atoms with Gasteiger partial charge in [-0.1, -0.05) is 6.07 Å². The molecule has 0 bridgehead atoms. The topological polar surface area (TPSA) is 58.9 Å². The van der Waals surface area contributed by atoms with Crippen LogP contribution in [0.4, 0.5) is 0 Å². The number of methoxy groups -OCH3 is 2. The van der Waals surface area contributed by atoms with Crippen molar-refractivity contribution in [1.29, 1.82) is 0 Å². The van der Waals surface area contributed by atoms with E-state index < -0.39 is 0 Å². The first kappa shape index (κ1) is 16.1. The van der Waals surface area contributed by atoms with E-state index in [1.54, 1.807) is 26.4 Å². The van der Waals surface area contributed by atoms with Gasteiger partial charge in [-0.3, -0.25) is 0 Å². The third-order valence-corrected chi connectivity index (χ3v) is 5.92. The highest BCUT2D eigenvalue weighted by Crippen LogP contribution is 2.48. The lowest BCUT2D eigenvalue weighted by molar-refractivity contribution is -0.956. The Labute approximate surface area is 147 Å². The highest BCUT2D eigenvalue weighted by atomic mass is 16.5. The molecular weight excluding hydrogens is 318 g/mol. The van der Waals surface area contributed by atoms with Crippen molar-refractivity contribution in [3.05, 3.63) is 46.5 Å². The first-order chi connectivity index (χ1) is 12.0. The van der Waals surface area contributed by atoms with Crippen molar-refractivity contribution < 1.29 is 24.2 Å². The molecule has 0 aliphatic carbocycles. The van der Waals surface area contributed by atoms with Crippen molar-refractivity contribution in [3.63, 3.8) is 0 Å². The molecule has 2 aliphatic heterocycles. The Kier molecular flexibility index (Phi) is 3.58. The van der Waals surface area contributed by atoms with Gasteiger partial charge in [-0.15, -0.1) is 0 Å². The normalized spacial score (nSPS) is 24.0. The van der Waals surface area contributed by atoms with Gasteiger partial charge in [0.2, 0.25) is 0 Å². The van der Waals surface area contributed by atoms with E-state index in [9.17, 15) is 10.2 Å². The average molecular weight is 342 g/mol. The van der Waals surface area contributed by atoms with Gasteiger partial charge >= 0.3 is 0 Å². The van der Waals surface area contributed by atoms with Crippen molar-refractivity contribution in [1.82, 2.24) is 0 Å². The zero-order valence-corrected chi connectivity index (χ0v) is 14.9. The summed E-state index contributed by atoms with van der Waals surface area (Å²) in [5, 5.41) is 19.8. The molecule has 2 aromatic rings. The van der Waals surface area contributed by atoms with Crippen LogP contribution in [0.3, 0.4) is 0 Å². The molecular formula is C20H24NO4+. The minimum Gasteiger partial charge on any atom is -0.504 e. The summed E-state index contributed by atoms with van der Waals surface area (Å²) in [4.78, 5) is 0. The zero-order valence-electron chi connectivity index (χ0n) is 14.9. The molecule has 25 heavy (non-hydrogen) atoms. The molecule has 0 saturated carbocycles. The number of ether oxygens (including phenoxy) is 2. The van der Waals surface area contributed by atoms with Crippen LogP contribution < -0.4 is 9.47 Å². The number of aromatic hydroxyl groups is 2. The summed E-state index contributed by atoms with van der Waals surface area (Å²) in [5.74, 6) is 1.53. The van der Waals surface area contributed by atoms with Crippen LogP contribution in [-0.2, 0) is 19.4 Å². The number of phenols is 2. The summed E-state index contributed by atoms with van der Waals surface area (Å²) in [5.41, 5.74) is 4.76. The first-order valence-electron chi connectivity index (χ1n) is 8.58. The molecule has 5 heteroatoms. The highest BCUT2D eigenvalue weighted by Gasteiger charge is 2.44. The second kappa shape index (κ2) is 5.56. The maximum absolute atomic E-state index is 10.0. The molecule has 0 saturated heterocycles. The minimum atomic E-state index is -0.0368. The van der Waals surface area contributed by atoms with E-state index in [-0.39, 0.29) is 17.5 Å². The lowest BCUT2D eigenvalue weighted by Crippen LogP contribution is -2.53. The monoisotopic (exact) mass is 342 g/mol. The number of phenolic OH excluding ortho intramolecular Hbond substituents is 2. The van der Waals surface area contributed by atoms with Crippen LogP contribution in [0.5, 0.6) is 23.0 Å². The standard InChI is InChI=1S/C20H23NO4/c1-21-7-6-13-9-17(22)18(23)10-14(13)16(21)8-12-4-5-19(24-2)20(25-3)15(12)11-21/h4-5,9-10,16H,6-8,11H2,1-3H3,(H-,22,23)/p+1. The summed E-state index contributed by atoms with van der Waals surface area (Å²) in [6.45, 7) is 1.85. The molecule has 2 heterocycles. The SMILES string of the molecule is COc1ccc2c(c1OC)C[N+]1(C)CCc3cc(O)c(O)cc3C1C2. The summed E-state index contributed by atoms with van der Waals surface area (Å²) in [6, 6.07) is 7.82. The predicted octanol–water partition coefficient (Wildman–Crippen LogP) is 2.92. The number of likely N-dealkylation sites (N-methyl/N-ethyl adjacent to an activating group) is 1. The molecule has 2 unspecified atom stereocenters. The van der Waals surface area contributed by atoms with E-state index >= 15 is 0 Å². The van der Waals surface area contributed by atoms with Gasteiger partial charge in [-0.05, 0) is 29.3 Å². The fraction of sp³-hybridized carbons (Fsp3) is 0.400. The highest BCUT2D eigenvalue weighted by molar-refractivity contribution is 5.53. The number of quaternary nitrogens is 1. The smallest absolute Gasteiger partial charge is 0.169 e. The lowest BCUT2D eigenvalue weighted by atomic mass is 9.81. The Morgan fingerprint density at radius 2 is 1.80 bits per heavy atom. The Hall–Kier alpha value is -2.40. The van der Waals surface area contributed by atoms with E-state index in [1.807, 2.05) is 6.07 Å². The summed E-state index contributed by atoms with van der Waals surface area (Å²) in [7, 11) is 5.62. The van der Waals surface area contributed by atoms with Crippen molar-refractivity contribution in [2.24, 2.45) is 0 Å². The second-order valence-corrected chi connectivity index (χ2v) is 7.31. The number of hydrogen-bond acceptors (Lipinski definition) is 4. The van der Waals surface area contributed by atoms with Crippen molar-refractivity contribution in [2.75, 3.05) is 27.8 Å². The van der Waals surface area contributed by atoms with Gasteiger partial charge in [-0.25, -0.2) is 0 Å². The fourth-order valence-corrected chi connectivity index (χ4v) is 4.52. The van der Waals surface area contributed by atoms with E-state index in [1.165, 1.54) is 11.1 Å². The van der Waals surface area contributed by atoms with Gasteiger partial charge < -0.3 is 24.2 Å². The van der Waals surface area contributed by atoms with E-state index in [2.05, 4.69) is 13.1 Å². The van der Waals surface area contributed by atoms with E-state index in [0.29, 0.717) is 0 Å². The van der Waals surface area contributed by atoms with Crippen molar-refractivity contribution in [3.8, 4) is 23.0 Å². The molecule has 0 aromatic heterocycles. The van der Waals surface area contributed by atoms with E-state index in [0.717, 1.165) is 53.0 Å². The number of benzene rings is 2. The second-order valence-electron chi connectivity index (χ2n) is 7.31. The Balaban J connectivity index is 1.84. The van der Waals surface area contributed by atoms with Crippen LogP contribution in [-0.4, -0.2) is 42.5 Å². The molecule has 5 nitrogen and oxygen atoms in total. The summed E-state index contributed by atoms with van der Waals surface area (Å²) < 4.78 is 12.0. The van der Waals surface area contributed by atoms with Gasteiger partial charge in [0.05, 0.1) is 33.4 Å². The van der Waals surface area contributed by atoms with Crippen LogP contribution in [0.15, 0.2) is 24.3 Å². The van der Waals surface area contributed by atoms with Gasteiger partial charge in [0.25, 0.3) is 0 Å². The van der Waals surface area contributed by atoms with Gasteiger partial charge in [-0.2, -0.15) is 0 Å².